The second-order valence-electron chi connectivity index (χ2n) is 7.66. The van der Waals surface area contributed by atoms with E-state index in [2.05, 4.69) is 18.7 Å². The minimum Gasteiger partial charge on any atom is -0.387 e. The summed E-state index contributed by atoms with van der Waals surface area (Å²) in [4.78, 5) is 2.36. The zero-order valence-corrected chi connectivity index (χ0v) is 19.3. The minimum absolute atomic E-state index is 0.587. The van der Waals surface area contributed by atoms with E-state index in [1.165, 1.54) is 0 Å². The molecule has 1 unspecified atom stereocenters. The Morgan fingerprint density at radius 1 is 0.862 bits per heavy atom. The van der Waals surface area contributed by atoms with E-state index in [4.69, 9.17) is 34.8 Å². The van der Waals surface area contributed by atoms with Gasteiger partial charge in [0.1, 0.15) is 0 Å². The molecular formula is C24H28Cl3NO. The summed E-state index contributed by atoms with van der Waals surface area (Å²) in [6, 6.07) is 11.4. The number of aliphatic hydroxyl groups is 1. The highest BCUT2D eigenvalue weighted by molar-refractivity contribution is 6.41. The molecule has 0 saturated carbocycles. The first-order valence-electron chi connectivity index (χ1n) is 10.4. The van der Waals surface area contributed by atoms with Crippen LogP contribution in [-0.2, 0) is 0 Å². The first-order chi connectivity index (χ1) is 13.9. The van der Waals surface area contributed by atoms with Gasteiger partial charge in [-0.1, -0.05) is 67.6 Å². The van der Waals surface area contributed by atoms with Gasteiger partial charge in [0, 0.05) is 22.0 Å². The Morgan fingerprint density at radius 2 is 1.55 bits per heavy atom. The Hall–Kier alpha value is -1.03. The van der Waals surface area contributed by atoms with E-state index in [-0.39, 0.29) is 0 Å². The molecule has 0 aliphatic heterocycles. The van der Waals surface area contributed by atoms with Gasteiger partial charge in [-0.2, -0.15) is 0 Å². The Bertz CT molecular complexity index is 981. The summed E-state index contributed by atoms with van der Waals surface area (Å²) in [5, 5.41) is 16.8. The van der Waals surface area contributed by atoms with Crippen molar-refractivity contribution in [3.05, 3.63) is 57.0 Å². The highest BCUT2D eigenvalue weighted by Crippen LogP contribution is 2.38. The Morgan fingerprint density at radius 3 is 2.21 bits per heavy atom. The molecule has 0 aliphatic carbocycles. The van der Waals surface area contributed by atoms with Gasteiger partial charge in [0.25, 0.3) is 0 Å². The smallest absolute Gasteiger partial charge is 0.0923 e. The molecule has 2 nitrogen and oxygen atoms in total. The lowest BCUT2D eigenvalue weighted by atomic mass is 9.94. The van der Waals surface area contributed by atoms with Crippen molar-refractivity contribution in [1.29, 1.82) is 0 Å². The summed E-state index contributed by atoms with van der Waals surface area (Å²) in [5.74, 6) is 0. The predicted molar refractivity (Wildman–Crippen MR) is 128 cm³/mol. The maximum Gasteiger partial charge on any atom is 0.0923 e. The van der Waals surface area contributed by atoms with Crippen molar-refractivity contribution in [3.63, 3.8) is 0 Å². The number of rotatable bonds is 9. The maximum absolute atomic E-state index is 11.2. The van der Waals surface area contributed by atoms with Crippen molar-refractivity contribution in [1.82, 2.24) is 4.90 Å². The van der Waals surface area contributed by atoms with Crippen molar-refractivity contribution in [2.45, 2.75) is 45.6 Å². The number of unbranched alkanes of at least 4 members (excludes halogenated alkanes) is 2. The molecule has 29 heavy (non-hydrogen) atoms. The van der Waals surface area contributed by atoms with Gasteiger partial charge in [-0.3, -0.25) is 0 Å². The molecule has 3 rings (SSSR count). The van der Waals surface area contributed by atoms with Crippen molar-refractivity contribution >= 4 is 56.3 Å². The molecular weight excluding hydrogens is 425 g/mol. The van der Waals surface area contributed by atoms with Crippen molar-refractivity contribution in [2.75, 3.05) is 19.6 Å². The van der Waals surface area contributed by atoms with Crippen LogP contribution in [0.1, 0.15) is 51.2 Å². The van der Waals surface area contributed by atoms with Crippen LogP contribution < -0.4 is 0 Å². The fourth-order valence-electron chi connectivity index (χ4n) is 3.89. The summed E-state index contributed by atoms with van der Waals surface area (Å²) in [6.45, 7) is 6.98. The first-order valence-corrected chi connectivity index (χ1v) is 11.5. The van der Waals surface area contributed by atoms with Gasteiger partial charge in [0.2, 0.25) is 0 Å². The largest absolute Gasteiger partial charge is 0.387 e. The van der Waals surface area contributed by atoms with Crippen LogP contribution in [-0.4, -0.2) is 29.6 Å². The summed E-state index contributed by atoms with van der Waals surface area (Å²) >= 11 is 19.1. The third kappa shape index (κ3) is 5.37. The van der Waals surface area contributed by atoms with Crippen LogP contribution in [0.5, 0.6) is 0 Å². The fourth-order valence-corrected chi connectivity index (χ4v) is 4.67. The molecule has 3 aromatic rings. The zero-order chi connectivity index (χ0) is 21.0. The third-order valence-corrected chi connectivity index (χ3v) is 6.16. The number of fused-ring (bicyclic) bond motifs is 3. The predicted octanol–water partition coefficient (Wildman–Crippen LogP) is 7.89. The third-order valence-electron chi connectivity index (χ3n) is 5.40. The van der Waals surface area contributed by atoms with Crippen molar-refractivity contribution in [2.24, 2.45) is 0 Å². The summed E-state index contributed by atoms with van der Waals surface area (Å²) in [6.07, 6.45) is 3.93. The van der Waals surface area contributed by atoms with Crippen molar-refractivity contribution in [3.8, 4) is 0 Å². The highest BCUT2D eigenvalue weighted by atomic mass is 35.5. The molecule has 0 heterocycles. The Kier molecular flexibility index (Phi) is 8.07. The van der Waals surface area contributed by atoms with Gasteiger partial charge in [-0.25, -0.2) is 0 Å². The number of benzene rings is 3. The average Bonchev–Trinajstić information content (AvgIpc) is 2.68. The van der Waals surface area contributed by atoms with Gasteiger partial charge < -0.3 is 10.0 Å². The zero-order valence-electron chi connectivity index (χ0n) is 17.0. The monoisotopic (exact) mass is 451 g/mol. The molecule has 1 atom stereocenters. The van der Waals surface area contributed by atoms with Gasteiger partial charge in [0.15, 0.2) is 0 Å². The van der Waals surface area contributed by atoms with Crippen LogP contribution in [0, 0.1) is 0 Å². The number of hydrogen-bond acceptors (Lipinski definition) is 2. The van der Waals surface area contributed by atoms with E-state index in [0.29, 0.717) is 21.6 Å². The van der Waals surface area contributed by atoms with Gasteiger partial charge in [-0.15, -0.1) is 0 Å². The lowest BCUT2D eigenvalue weighted by Gasteiger charge is -2.26. The number of aliphatic hydroxyl groups excluding tert-OH is 1. The standard InChI is InChI=1S/C24H28Cl3NO/c1-3-5-9-28(10-6-4-2)15-23(29)21-12-16-11-18(26)14-22(27)24(16)19-8-7-17(25)13-20(19)21/h7-8,11-14,23,29H,3-6,9-10,15H2,1-2H3. The molecule has 156 valence electrons. The summed E-state index contributed by atoms with van der Waals surface area (Å²) in [7, 11) is 0. The van der Waals surface area contributed by atoms with E-state index in [9.17, 15) is 5.11 Å². The lowest BCUT2D eigenvalue weighted by molar-refractivity contribution is 0.112. The molecule has 0 aromatic heterocycles. The normalized spacial score (nSPS) is 12.9. The van der Waals surface area contributed by atoms with Crippen LogP contribution >= 0.6 is 34.8 Å². The van der Waals surface area contributed by atoms with E-state index in [0.717, 1.165) is 65.9 Å². The number of hydrogen-bond donors (Lipinski definition) is 1. The number of halogens is 3. The molecule has 0 aliphatic rings. The molecule has 0 spiro atoms. The van der Waals surface area contributed by atoms with E-state index in [1.54, 1.807) is 6.07 Å². The SMILES string of the molecule is CCCCN(CCCC)CC(O)c1cc2cc(Cl)cc(Cl)c2c2ccc(Cl)cc12. The van der Waals surface area contributed by atoms with Crippen LogP contribution in [0.3, 0.4) is 0 Å². The highest BCUT2D eigenvalue weighted by Gasteiger charge is 2.19. The van der Waals surface area contributed by atoms with Crippen LogP contribution in [0.4, 0.5) is 0 Å². The Labute approximate surface area is 188 Å². The van der Waals surface area contributed by atoms with Gasteiger partial charge in [-0.05, 0) is 78.0 Å². The quantitative estimate of drug-likeness (QED) is 0.334. The van der Waals surface area contributed by atoms with Gasteiger partial charge in [0.05, 0.1) is 11.1 Å². The second-order valence-corrected chi connectivity index (χ2v) is 8.95. The van der Waals surface area contributed by atoms with Crippen molar-refractivity contribution < 1.29 is 5.11 Å². The first kappa shape index (κ1) is 22.7. The molecule has 5 heteroatoms. The van der Waals surface area contributed by atoms with Crippen LogP contribution in [0.2, 0.25) is 15.1 Å². The summed E-state index contributed by atoms with van der Waals surface area (Å²) in [5.41, 5.74) is 0.867. The second kappa shape index (κ2) is 10.3. The molecule has 0 amide bonds. The molecule has 1 N–H and O–H groups in total. The van der Waals surface area contributed by atoms with Gasteiger partial charge >= 0.3 is 0 Å². The molecule has 0 bridgehead atoms. The van der Waals surface area contributed by atoms with E-state index >= 15 is 0 Å². The van der Waals surface area contributed by atoms with Crippen LogP contribution in [0.15, 0.2) is 36.4 Å². The topological polar surface area (TPSA) is 23.5 Å². The molecule has 0 radical (unpaired) electrons. The maximum atomic E-state index is 11.2. The number of nitrogens with zero attached hydrogens (tertiary/aromatic N) is 1. The van der Waals surface area contributed by atoms with E-state index < -0.39 is 6.10 Å². The fraction of sp³-hybridized carbons (Fsp3) is 0.417. The van der Waals surface area contributed by atoms with Crippen LogP contribution in [0.25, 0.3) is 21.5 Å². The molecule has 0 saturated heterocycles. The lowest BCUT2D eigenvalue weighted by Crippen LogP contribution is -2.30. The average molecular weight is 453 g/mol. The molecule has 0 fully saturated rings. The summed E-state index contributed by atoms with van der Waals surface area (Å²) < 4.78 is 0. The Balaban J connectivity index is 2.07. The van der Waals surface area contributed by atoms with E-state index in [1.807, 2.05) is 30.3 Å². The molecule has 3 aromatic carbocycles. The minimum atomic E-state index is -0.619.